The molecule has 0 saturated heterocycles. The Kier molecular flexibility index (Phi) is 3.54. The molecular formula is C9H9N3O3. The van der Waals surface area contributed by atoms with Crippen molar-refractivity contribution in [3.63, 3.8) is 0 Å². The summed E-state index contributed by atoms with van der Waals surface area (Å²) in [5.41, 5.74) is 8.61. The molecule has 0 aliphatic carbocycles. The smallest absolute Gasteiger partial charge is 0.344 e. The van der Waals surface area contributed by atoms with Gasteiger partial charge in [0.1, 0.15) is 5.75 Å². The number of carboxylic acid groups (broad SMARTS) is 1. The minimum absolute atomic E-state index is 0.418. The summed E-state index contributed by atoms with van der Waals surface area (Å²) < 4.78 is 5.07. The van der Waals surface area contributed by atoms with Crippen molar-refractivity contribution in [3.8, 4) is 5.75 Å². The zero-order valence-corrected chi connectivity index (χ0v) is 7.99. The minimum atomic E-state index is -1.03. The minimum Gasteiger partial charge on any atom is -0.479 e. The van der Waals surface area contributed by atoms with Crippen molar-refractivity contribution in [2.45, 2.75) is 13.0 Å². The second kappa shape index (κ2) is 4.88. The molecule has 0 heterocycles. The molecule has 15 heavy (non-hydrogen) atoms. The largest absolute Gasteiger partial charge is 0.479 e. The third-order valence-electron chi connectivity index (χ3n) is 1.66. The van der Waals surface area contributed by atoms with Crippen molar-refractivity contribution in [2.75, 3.05) is 0 Å². The quantitative estimate of drug-likeness (QED) is 0.466. The summed E-state index contributed by atoms with van der Waals surface area (Å²) in [6.45, 7) is 1.43. The van der Waals surface area contributed by atoms with Gasteiger partial charge in [0.05, 0.1) is 0 Å². The highest BCUT2D eigenvalue weighted by Crippen LogP contribution is 2.19. The molecule has 1 N–H and O–H groups in total. The van der Waals surface area contributed by atoms with Gasteiger partial charge in [-0.3, -0.25) is 0 Å². The highest BCUT2D eigenvalue weighted by Gasteiger charge is 2.11. The van der Waals surface area contributed by atoms with Crippen LogP contribution in [0.3, 0.4) is 0 Å². The second-order valence-electron chi connectivity index (χ2n) is 2.78. The predicted octanol–water partition coefficient (Wildman–Crippen LogP) is 2.48. The Morgan fingerprint density at radius 3 is 2.60 bits per heavy atom. The first-order valence-electron chi connectivity index (χ1n) is 4.18. The average Bonchev–Trinajstić information content (AvgIpc) is 2.21. The van der Waals surface area contributed by atoms with Crippen LogP contribution in [0.5, 0.6) is 5.75 Å². The van der Waals surface area contributed by atoms with Crippen LogP contribution in [0.4, 0.5) is 5.69 Å². The molecule has 0 radical (unpaired) electrons. The first-order chi connectivity index (χ1) is 7.13. The molecule has 0 spiro atoms. The number of azide groups is 1. The van der Waals surface area contributed by atoms with Gasteiger partial charge >= 0.3 is 5.97 Å². The summed E-state index contributed by atoms with van der Waals surface area (Å²) in [5.74, 6) is -0.615. The van der Waals surface area contributed by atoms with Crippen LogP contribution in [0.2, 0.25) is 0 Å². The molecule has 0 bridgehead atoms. The van der Waals surface area contributed by atoms with Crippen molar-refractivity contribution >= 4 is 11.7 Å². The fourth-order valence-corrected chi connectivity index (χ4v) is 0.898. The van der Waals surface area contributed by atoms with E-state index in [-0.39, 0.29) is 0 Å². The van der Waals surface area contributed by atoms with Crippen molar-refractivity contribution in [3.05, 3.63) is 34.7 Å². The number of rotatable bonds is 4. The average molecular weight is 207 g/mol. The van der Waals surface area contributed by atoms with Crippen LogP contribution in [0.15, 0.2) is 29.4 Å². The Balaban J connectivity index is 2.72. The molecule has 0 aromatic heterocycles. The molecule has 0 aliphatic heterocycles. The third kappa shape index (κ3) is 3.21. The van der Waals surface area contributed by atoms with Crippen LogP contribution in [0.1, 0.15) is 6.92 Å². The van der Waals surface area contributed by atoms with Gasteiger partial charge in [-0.25, -0.2) is 4.79 Å². The number of hydrogen-bond donors (Lipinski definition) is 1. The van der Waals surface area contributed by atoms with E-state index in [9.17, 15) is 4.79 Å². The van der Waals surface area contributed by atoms with Crippen LogP contribution in [0, 0.1) is 0 Å². The first-order valence-corrected chi connectivity index (χ1v) is 4.18. The van der Waals surface area contributed by atoms with Crippen molar-refractivity contribution in [2.24, 2.45) is 5.11 Å². The van der Waals surface area contributed by atoms with Crippen LogP contribution < -0.4 is 4.74 Å². The summed E-state index contributed by atoms with van der Waals surface area (Å²) in [6, 6.07) is 6.18. The van der Waals surface area contributed by atoms with Crippen LogP contribution in [0.25, 0.3) is 10.4 Å². The van der Waals surface area contributed by atoms with E-state index in [0.717, 1.165) is 0 Å². The maximum absolute atomic E-state index is 10.5. The molecule has 1 atom stereocenters. The lowest BCUT2D eigenvalue weighted by Crippen LogP contribution is -2.22. The van der Waals surface area contributed by atoms with E-state index >= 15 is 0 Å². The monoisotopic (exact) mass is 207 g/mol. The Bertz CT molecular complexity index is 396. The van der Waals surface area contributed by atoms with Gasteiger partial charge in [0, 0.05) is 10.6 Å². The lowest BCUT2D eigenvalue weighted by Gasteiger charge is -2.09. The predicted molar refractivity (Wildman–Crippen MR) is 53.0 cm³/mol. The molecule has 0 aliphatic rings. The van der Waals surface area contributed by atoms with Crippen LogP contribution in [-0.2, 0) is 4.79 Å². The van der Waals surface area contributed by atoms with Gasteiger partial charge in [-0.2, -0.15) is 0 Å². The van der Waals surface area contributed by atoms with E-state index in [1.807, 2.05) is 0 Å². The lowest BCUT2D eigenvalue weighted by molar-refractivity contribution is -0.144. The Morgan fingerprint density at radius 1 is 1.53 bits per heavy atom. The molecule has 1 rings (SSSR count). The van der Waals surface area contributed by atoms with Gasteiger partial charge < -0.3 is 9.84 Å². The molecule has 6 heteroatoms. The summed E-state index contributed by atoms with van der Waals surface area (Å²) in [6.07, 6.45) is -0.907. The van der Waals surface area contributed by atoms with Crippen LogP contribution >= 0.6 is 0 Å². The van der Waals surface area contributed by atoms with Gasteiger partial charge in [-0.15, -0.1) is 0 Å². The Morgan fingerprint density at radius 2 is 2.13 bits per heavy atom. The maximum atomic E-state index is 10.5. The molecule has 1 aromatic carbocycles. The summed E-state index contributed by atoms with van der Waals surface area (Å²) in [7, 11) is 0. The van der Waals surface area contributed by atoms with Crippen molar-refractivity contribution < 1.29 is 14.6 Å². The molecular weight excluding hydrogens is 198 g/mol. The Hall–Kier alpha value is -2.20. The second-order valence-corrected chi connectivity index (χ2v) is 2.78. The molecule has 78 valence electrons. The molecule has 0 saturated carbocycles. The Labute approximate surface area is 85.7 Å². The van der Waals surface area contributed by atoms with E-state index in [1.165, 1.54) is 6.92 Å². The molecule has 0 fully saturated rings. The molecule has 0 unspecified atom stereocenters. The van der Waals surface area contributed by atoms with Gasteiger partial charge in [0.2, 0.25) is 0 Å². The fourth-order valence-electron chi connectivity index (χ4n) is 0.898. The van der Waals surface area contributed by atoms with Gasteiger partial charge in [0.25, 0.3) is 0 Å². The number of aliphatic carboxylic acids is 1. The maximum Gasteiger partial charge on any atom is 0.344 e. The van der Waals surface area contributed by atoms with E-state index in [0.29, 0.717) is 11.4 Å². The summed E-state index contributed by atoms with van der Waals surface area (Å²) in [4.78, 5) is 13.1. The third-order valence-corrected chi connectivity index (χ3v) is 1.66. The highest BCUT2D eigenvalue weighted by atomic mass is 16.5. The number of carbonyl (C=O) groups is 1. The van der Waals surface area contributed by atoms with E-state index < -0.39 is 12.1 Å². The molecule has 0 amide bonds. The number of hydrogen-bond acceptors (Lipinski definition) is 3. The fraction of sp³-hybridized carbons (Fsp3) is 0.222. The number of benzene rings is 1. The van der Waals surface area contributed by atoms with E-state index in [4.69, 9.17) is 15.4 Å². The van der Waals surface area contributed by atoms with E-state index in [2.05, 4.69) is 10.0 Å². The standard InChI is InChI=1S/C9H9N3O3/c1-6(9(13)14)15-8-4-2-7(3-5-8)11-12-10/h2-6H,1H3,(H,13,14)/t6-/m0/s1. The summed E-state index contributed by atoms with van der Waals surface area (Å²) in [5, 5.41) is 12.0. The number of ether oxygens (including phenoxy) is 1. The number of nitrogens with zero attached hydrogens (tertiary/aromatic N) is 3. The zero-order valence-electron chi connectivity index (χ0n) is 7.99. The SMILES string of the molecule is C[C@H](Oc1ccc(N=[N+]=[N-])cc1)C(=O)O. The van der Waals surface area contributed by atoms with Gasteiger partial charge in [-0.1, -0.05) is 5.11 Å². The normalized spacial score (nSPS) is 11.3. The van der Waals surface area contributed by atoms with Gasteiger partial charge in [-0.05, 0) is 36.7 Å². The van der Waals surface area contributed by atoms with Crippen molar-refractivity contribution in [1.29, 1.82) is 0 Å². The summed E-state index contributed by atoms with van der Waals surface area (Å²) >= 11 is 0. The highest BCUT2D eigenvalue weighted by molar-refractivity contribution is 5.72. The topological polar surface area (TPSA) is 95.3 Å². The number of carboxylic acids is 1. The van der Waals surface area contributed by atoms with Crippen molar-refractivity contribution in [1.82, 2.24) is 0 Å². The van der Waals surface area contributed by atoms with Crippen LogP contribution in [-0.4, -0.2) is 17.2 Å². The van der Waals surface area contributed by atoms with Gasteiger partial charge in [0.15, 0.2) is 6.10 Å². The zero-order chi connectivity index (χ0) is 11.3. The van der Waals surface area contributed by atoms with E-state index in [1.54, 1.807) is 24.3 Å². The first kappa shape index (κ1) is 10.9. The molecule has 1 aromatic rings. The lowest BCUT2D eigenvalue weighted by atomic mass is 10.3. The molecule has 6 nitrogen and oxygen atoms in total.